The van der Waals surface area contributed by atoms with Gasteiger partial charge in [-0.25, -0.2) is 0 Å². The van der Waals surface area contributed by atoms with Crippen molar-refractivity contribution >= 4 is 29.0 Å². The molecule has 0 spiro atoms. The number of amides is 2. The summed E-state index contributed by atoms with van der Waals surface area (Å²) < 4.78 is 0. The molecule has 1 aliphatic carbocycles. The van der Waals surface area contributed by atoms with Gasteiger partial charge in [0, 0.05) is 36.1 Å². The summed E-state index contributed by atoms with van der Waals surface area (Å²) in [6.45, 7) is 9.20. The molecular formula is C30H33N3O4. The number of hydrogen-bond donors (Lipinski definition) is 3. The van der Waals surface area contributed by atoms with Crippen LogP contribution in [-0.4, -0.2) is 33.3 Å². The quantitative estimate of drug-likeness (QED) is 0.444. The minimum absolute atomic E-state index is 0.315. The number of aliphatic hydroxyl groups is 1. The average molecular weight is 500 g/mol. The molecule has 2 amide bonds. The number of benzene rings is 2. The average Bonchev–Trinajstić information content (AvgIpc) is 2.84. The van der Waals surface area contributed by atoms with Crippen LogP contribution in [0.15, 0.2) is 60.9 Å². The lowest BCUT2D eigenvalue weighted by Gasteiger charge is -2.44. The zero-order chi connectivity index (χ0) is 26.9. The molecule has 3 aromatic rings. The first kappa shape index (κ1) is 26.2. The molecule has 4 rings (SSSR count). The lowest BCUT2D eigenvalue weighted by atomic mass is 9.61. The number of rotatable bonds is 5. The number of Topliss-reactive ketones (excluding diaryl/α,β-unsaturated/α-hetero) is 1. The van der Waals surface area contributed by atoms with Crippen molar-refractivity contribution in [2.24, 2.45) is 11.8 Å². The highest BCUT2D eigenvalue weighted by molar-refractivity contribution is 6.10. The molecule has 1 fully saturated rings. The van der Waals surface area contributed by atoms with Crippen LogP contribution in [0.1, 0.15) is 47.1 Å². The number of carbonyl (C=O) groups excluding carboxylic acids is 3. The second-order valence-electron chi connectivity index (χ2n) is 10.2. The van der Waals surface area contributed by atoms with E-state index >= 15 is 0 Å². The zero-order valence-electron chi connectivity index (χ0n) is 21.8. The van der Waals surface area contributed by atoms with Gasteiger partial charge in [-0.05, 0) is 86.7 Å². The Morgan fingerprint density at radius 3 is 1.92 bits per heavy atom. The van der Waals surface area contributed by atoms with Crippen molar-refractivity contribution in [3.05, 3.63) is 88.7 Å². The van der Waals surface area contributed by atoms with Gasteiger partial charge in [0.1, 0.15) is 11.7 Å². The van der Waals surface area contributed by atoms with Crippen LogP contribution in [0.25, 0.3) is 0 Å². The van der Waals surface area contributed by atoms with Crippen LogP contribution in [0.3, 0.4) is 0 Å². The molecule has 7 nitrogen and oxygen atoms in total. The van der Waals surface area contributed by atoms with Gasteiger partial charge >= 0.3 is 0 Å². The number of nitrogens with one attached hydrogen (secondary N) is 2. The number of aromatic nitrogens is 1. The predicted octanol–water partition coefficient (Wildman–Crippen LogP) is 4.63. The largest absolute Gasteiger partial charge is 0.389 e. The van der Waals surface area contributed by atoms with Crippen LogP contribution < -0.4 is 10.6 Å². The van der Waals surface area contributed by atoms with Gasteiger partial charge in [0.2, 0.25) is 11.8 Å². The molecule has 1 aliphatic rings. The normalized spacial score (nSPS) is 23.4. The van der Waals surface area contributed by atoms with Crippen molar-refractivity contribution in [2.45, 2.75) is 52.6 Å². The van der Waals surface area contributed by atoms with Gasteiger partial charge in [-0.3, -0.25) is 19.4 Å². The van der Waals surface area contributed by atoms with Crippen molar-refractivity contribution in [2.75, 3.05) is 10.6 Å². The molecule has 37 heavy (non-hydrogen) atoms. The second kappa shape index (κ2) is 10.3. The zero-order valence-corrected chi connectivity index (χ0v) is 21.8. The predicted molar refractivity (Wildman–Crippen MR) is 143 cm³/mol. The Morgan fingerprint density at radius 2 is 1.38 bits per heavy atom. The number of hydrogen-bond acceptors (Lipinski definition) is 5. The molecule has 2 aromatic carbocycles. The summed E-state index contributed by atoms with van der Waals surface area (Å²) in [4.78, 5) is 45.0. The van der Waals surface area contributed by atoms with Gasteiger partial charge in [0.05, 0.1) is 11.5 Å². The number of nitrogens with zero attached hydrogens (tertiary/aromatic N) is 1. The molecular weight excluding hydrogens is 466 g/mol. The van der Waals surface area contributed by atoms with E-state index in [2.05, 4.69) is 15.6 Å². The van der Waals surface area contributed by atoms with Crippen LogP contribution in [0.4, 0.5) is 11.4 Å². The van der Waals surface area contributed by atoms with Crippen molar-refractivity contribution in [1.82, 2.24) is 4.98 Å². The third-order valence-corrected chi connectivity index (χ3v) is 7.65. The summed E-state index contributed by atoms with van der Waals surface area (Å²) in [7, 11) is 0. The molecule has 0 aliphatic heterocycles. The van der Waals surface area contributed by atoms with E-state index in [1.54, 1.807) is 36.7 Å². The molecule has 3 N–H and O–H groups in total. The first-order valence-electron chi connectivity index (χ1n) is 12.4. The topological polar surface area (TPSA) is 108 Å². The van der Waals surface area contributed by atoms with Crippen molar-refractivity contribution in [3.8, 4) is 0 Å². The van der Waals surface area contributed by atoms with Crippen LogP contribution in [-0.2, 0) is 14.4 Å². The molecule has 1 aromatic heterocycles. The summed E-state index contributed by atoms with van der Waals surface area (Å²) in [5.74, 6) is -4.49. The van der Waals surface area contributed by atoms with Gasteiger partial charge in [0.25, 0.3) is 0 Å². The van der Waals surface area contributed by atoms with Crippen LogP contribution >= 0.6 is 0 Å². The van der Waals surface area contributed by atoms with Crippen molar-refractivity contribution < 1.29 is 19.5 Å². The van der Waals surface area contributed by atoms with Gasteiger partial charge in [-0.15, -0.1) is 0 Å². The first-order chi connectivity index (χ1) is 17.5. The number of ketones is 1. The smallest absolute Gasteiger partial charge is 0.235 e. The van der Waals surface area contributed by atoms with E-state index in [0.29, 0.717) is 16.9 Å². The van der Waals surface area contributed by atoms with E-state index in [0.717, 1.165) is 22.3 Å². The fourth-order valence-electron chi connectivity index (χ4n) is 5.27. The fourth-order valence-corrected chi connectivity index (χ4v) is 5.27. The number of pyridine rings is 1. The van der Waals surface area contributed by atoms with E-state index in [4.69, 9.17) is 0 Å². The Bertz CT molecular complexity index is 1350. The van der Waals surface area contributed by atoms with E-state index in [-0.39, 0.29) is 6.42 Å². The van der Waals surface area contributed by atoms with Crippen LogP contribution in [0.2, 0.25) is 0 Å². The third kappa shape index (κ3) is 5.18. The SMILES string of the molecule is Cc1cccc(NC(=O)C2C(=O)CC(C)(O)C(C(=O)Nc3cccc(C)c3C)C2c2ccncc2)c1C. The van der Waals surface area contributed by atoms with Crippen LogP contribution in [0.5, 0.6) is 0 Å². The summed E-state index contributed by atoms with van der Waals surface area (Å²) in [6.07, 6.45) is 2.80. The monoisotopic (exact) mass is 499 g/mol. The van der Waals surface area contributed by atoms with Gasteiger partial charge in [-0.1, -0.05) is 24.3 Å². The lowest BCUT2D eigenvalue weighted by molar-refractivity contribution is -0.150. The van der Waals surface area contributed by atoms with Gasteiger partial charge in [-0.2, -0.15) is 0 Å². The summed E-state index contributed by atoms with van der Waals surface area (Å²) >= 11 is 0. The molecule has 4 atom stereocenters. The Labute approximate surface area is 217 Å². The highest BCUT2D eigenvalue weighted by Crippen LogP contribution is 2.46. The fraction of sp³-hybridized carbons (Fsp3) is 0.333. The highest BCUT2D eigenvalue weighted by atomic mass is 16.3. The maximum absolute atomic E-state index is 13.8. The Kier molecular flexibility index (Phi) is 7.28. The Hall–Kier alpha value is -3.84. The summed E-state index contributed by atoms with van der Waals surface area (Å²) in [5, 5.41) is 17.3. The molecule has 4 unspecified atom stereocenters. The number of carbonyl (C=O) groups is 3. The molecule has 0 saturated heterocycles. The summed E-state index contributed by atoms with van der Waals surface area (Å²) in [5.41, 5.74) is 3.99. The highest BCUT2D eigenvalue weighted by Gasteiger charge is 2.56. The maximum Gasteiger partial charge on any atom is 0.235 e. The molecule has 0 bridgehead atoms. The van der Waals surface area contributed by atoms with Gasteiger partial charge < -0.3 is 15.7 Å². The van der Waals surface area contributed by atoms with Gasteiger partial charge in [0.15, 0.2) is 0 Å². The minimum Gasteiger partial charge on any atom is -0.389 e. The lowest BCUT2D eigenvalue weighted by Crippen LogP contribution is -2.56. The van der Waals surface area contributed by atoms with E-state index in [9.17, 15) is 19.5 Å². The minimum atomic E-state index is -1.66. The van der Waals surface area contributed by atoms with Crippen molar-refractivity contribution in [3.63, 3.8) is 0 Å². The second-order valence-corrected chi connectivity index (χ2v) is 10.2. The maximum atomic E-state index is 13.8. The van der Waals surface area contributed by atoms with E-state index < -0.39 is 41.0 Å². The van der Waals surface area contributed by atoms with E-state index in [1.165, 1.54) is 6.92 Å². The third-order valence-electron chi connectivity index (χ3n) is 7.65. The Balaban J connectivity index is 1.77. The summed E-state index contributed by atoms with van der Waals surface area (Å²) in [6, 6.07) is 14.6. The van der Waals surface area contributed by atoms with Crippen molar-refractivity contribution in [1.29, 1.82) is 0 Å². The van der Waals surface area contributed by atoms with E-state index in [1.807, 2.05) is 52.0 Å². The molecule has 7 heteroatoms. The number of anilines is 2. The molecule has 192 valence electrons. The van der Waals surface area contributed by atoms with Crippen LogP contribution in [0, 0.1) is 39.5 Å². The standard InChI is InChI=1S/C30H33N3O4/c1-17-8-6-10-22(19(17)3)32-28(35)26-24(34)16-30(5,37)27(25(26)21-12-14-31-15-13-21)29(36)33-23-11-7-9-18(2)20(23)4/h6-15,25-27,37H,16H2,1-5H3,(H,32,35)(H,33,36). The molecule has 1 heterocycles. The Morgan fingerprint density at radius 1 is 0.865 bits per heavy atom. The number of aryl methyl sites for hydroxylation is 2. The molecule has 1 saturated carbocycles. The molecule has 0 radical (unpaired) electrons. The first-order valence-corrected chi connectivity index (χ1v) is 12.4.